The quantitative estimate of drug-likeness (QED) is 0.168. The molecule has 1 fully saturated rings. The number of amides is 4. The van der Waals surface area contributed by atoms with Crippen LogP contribution in [0.25, 0.3) is 0 Å². The first-order valence-electron chi connectivity index (χ1n) is 17.4. The van der Waals surface area contributed by atoms with Crippen molar-refractivity contribution in [2.45, 2.75) is 89.8 Å². The molecule has 51 heavy (non-hydrogen) atoms. The van der Waals surface area contributed by atoms with Crippen LogP contribution in [0.1, 0.15) is 63.7 Å². The van der Waals surface area contributed by atoms with Gasteiger partial charge >= 0.3 is 0 Å². The summed E-state index contributed by atoms with van der Waals surface area (Å²) < 4.78 is 30.5. The second kappa shape index (κ2) is 20.4. The van der Waals surface area contributed by atoms with Crippen molar-refractivity contribution in [2.24, 2.45) is 11.8 Å². The van der Waals surface area contributed by atoms with Gasteiger partial charge in [0, 0.05) is 33.4 Å². The van der Waals surface area contributed by atoms with Gasteiger partial charge in [-0.3, -0.25) is 28.9 Å². The highest BCUT2D eigenvalue weighted by atomic mass is 19.1. The summed E-state index contributed by atoms with van der Waals surface area (Å²) in [6.45, 7) is 6.83. The first-order valence-corrected chi connectivity index (χ1v) is 17.4. The van der Waals surface area contributed by atoms with E-state index in [-0.39, 0.29) is 67.4 Å². The molecule has 1 saturated heterocycles. The van der Waals surface area contributed by atoms with Crippen LogP contribution >= 0.6 is 0 Å². The van der Waals surface area contributed by atoms with Crippen LogP contribution in [0, 0.1) is 17.7 Å². The summed E-state index contributed by atoms with van der Waals surface area (Å²) in [5.74, 6) is -3.48. The number of likely N-dealkylation sites (tertiary alicyclic amines) is 1. The van der Waals surface area contributed by atoms with Crippen LogP contribution in [0.5, 0.6) is 5.75 Å². The van der Waals surface area contributed by atoms with Crippen molar-refractivity contribution in [1.82, 2.24) is 25.3 Å². The number of Topliss-reactive ketones (excluding diaryl/α,β-unsaturated/α-hetero) is 1. The fourth-order valence-corrected chi connectivity index (χ4v) is 6.86. The van der Waals surface area contributed by atoms with Crippen LogP contribution in [0.4, 0.5) is 4.39 Å². The van der Waals surface area contributed by atoms with Crippen LogP contribution < -0.4 is 15.4 Å². The van der Waals surface area contributed by atoms with Gasteiger partial charge in [0.1, 0.15) is 0 Å². The van der Waals surface area contributed by atoms with E-state index < -0.39 is 59.9 Å². The molecule has 0 aliphatic carbocycles. The van der Waals surface area contributed by atoms with Crippen LogP contribution in [0.15, 0.2) is 18.2 Å². The zero-order chi connectivity index (χ0) is 38.6. The van der Waals surface area contributed by atoms with E-state index in [1.165, 1.54) is 43.3 Å². The number of nitrogens with zero attached hydrogens (tertiary/aromatic N) is 3. The zero-order valence-electron chi connectivity index (χ0n) is 31.7. The molecule has 3 N–H and O–H groups in total. The molecule has 2 rings (SSSR count). The summed E-state index contributed by atoms with van der Waals surface area (Å²) in [6.07, 6.45) is -1.15. The first kappa shape index (κ1) is 43.5. The van der Waals surface area contributed by atoms with Gasteiger partial charge < -0.3 is 39.8 Å². The van der Waals surface area contributed by atoms with Crippen LogP contribution in [-0.2, 0) is 28.7 Å². The number of rotatable bonds is 20. The third-order valence-electron chi connectivity index (χ3n) is 9.55. The highest BCUT2D eigenvalue weighted by Crippen LogP contribution is 2.29. The lowest BCUT2D eigenvalue weighted by Crippen LogP contribution is -2.53. The number of carbonyl (C=O) groups excluding carboxylic acids is 5. The number of aliphatic hydroxyl groups excluding tert-OH is 1. The number of likely N-dealkylation sites (N-methyl/N-ethyl adjacent to an activating group) is 2. The minimum atomic E-state index is -0.865. The molecule has 0 radical (unpaired) electrons. The Morgan fingerprint density at radius 3 is 2.18 bits per heavy atom. The summed E-state index contributed by atoms with van der Waals surface area (Å²) in [7, 11) is 9.42. The van der Waals surface area contributed by atoms with Crippen molar-refractivity contribution in [3.8, 4) is 5.75 Å². The molecular weight excluding hydrogens is 665 g/mol. The number of benzene rings is 1. The van der Waals surface area contributed by atoms with E-state index in [1.54, 1.807) is 18.9 Å². The lowest BCUT2D eigenvalue weighted by atomic mass is 9.93. The van der Waals surface area contributed by atoms with Crippen LogP contribution in [0.3, 0.4) is 0 Å². The Labute approximate surface area is 301 Å². The average Bonchev–Trinajstić information content (AvgIpc) is 3.47. The zero-order valence-corrected chi connectivity index (χ0v) is 31.7. The summed E-state index contributed by atoms with van der Waals surface area (Å²) in [5, 5.41) is 16.0. The summed E-state index contributed by atoms with van der Waals surface area (Å²) in [5.41, 5.74) is 0.0653. The maximum atomic E-state index is 14.1. The smallest absolute Gasteiger partial charge is 0.242 e. The number of β-amino-alcohol motifs (C(OH)–C–C–N with tert-alkyl or cyclic N) is 1. The molecule has 0 spiro atoms. The molecule has 14 nitrogen and oxygen atoms in total. The van der Waals surface area contributed by atoms with Gasteiger partial charge in [-0.2, -0.15) is 0 Å². The fourth-order valence-electron chi connectivity index (χ4n) is 6.86. The molecular formula is C36H58FN5O9. The standard InChI is InChI=1S/C36H58FN5O9/c1-11-12-26(41(7)32(46)19-39-36(48)33(21(2)3)40(5)6)30(50-9)17-31(45)42-20-24(43)16-27(42)34(51-10)22(4)35(47)38-18-28(44)23-13-14-29(49-8)25(37)15-23/h13-15,21-22,24,26-27,30,33-34,43H,11-12,16-20H2,1-10H3,(H,38,47)(H,39,48). The number of carbonyl (C=O) groups is 5. The van der Waals surface area contributed by atoms with Gasteiger partial charge in [0.25, 0.3) is 0 Å². The number of hydrogen-bond donors (Lipinski definition) is 3. The molecule has 15 heteroatoms. The average molecular weight is 724 g/mol. The third-order valence-corrected chi connectivity index (χ3v) is 9.55. The van der Waals surface area contributed by atoms with E-state index in [0.29, 0.717) is 12.8 Å². The van der Waals surface area contributed by atoms with Crippen molar-refractivity contribution in [3.63, 3.8) is 0 Å². The molecule has 0 bridgehead atoms. The van der Waals surface area contributed by atoms with Crippen molar-refractivity contribution < 1.29 is 47.7 Å². The number of ether oxygens (including phenoxy) is 3. The van der Waals surface area contributed by atoms with Gasteiger partial charge in [-0.25, -0.2) is 4.39 Å². The summed E-state index contributed by atoms with van der Waals surface area (Å²) in [6, 6.07) is 2.20. The van der Waals surface area contributed by atoms with Crippen LogP contribution in [0.2, 0.25) is 0 Å². The second-order valence-corrected chi connectivity index (χ2v) is 13.7. The molecule has 7 atom stereocenters. The normalized spacial score (nSPS) is 18.9. The van der Waals surface area contributed by atoms with Gasteiger partial charge in [0.15, 0.2) is 17.3 Å². The topological polar surface area (TPSA) is 167 Å². The van der Waals surface area contributed by atoms with Gasteiger partial charge in [0.2, 0.25) is 23.6 Å². The Morgan fingerprint density at radius 1 is 1.00 bits per heavy atom. The molecule has 1 aromatic rings. The van der Waals surface area contributed by atoms with E-state index in [9.17, 15) is 33.5 Å². The maximum Gasteiger partial charge on any atom is 0.242 e. The predicted molar refractivity (Wildman–Crippen MR) is 189 cm³/mol. The molecule has 288 valence electrons. The molecule has 1 aliphatic heterocycles. The third kappa shape index (κ3) is 11.7. The number of hydrogen-bond acceptors (Lipinski definition) is 10. The SMILES string of the molecule is CCCC(C(CC(=O)N1CC(O)CC1C(OC)C(C)C(=O)NCC(=O)c1ccc(OC)c(F)c1)OC)N(C)C(=O)CNC(=O)C(C(C)C)N(C)C. The monoisotopic (exact) mass is 723 g/mol. The Morgan fingerprint density at radius 2 is 1.65 bits per heavy atom. The van der Waals surface area contributed by atoms with E-state index in [0.717, 1.165) is 6.07 Å². The molecule has 1 aliphatic rings. The molecule has 7 unspecified atom stereocenters. The summed E-state index contributed by atoms with van der Waals surface area (Å²) in [4.78, 5) is 70.7. The Balaban J connectivity index is 2.13. The van der Waals surface area contributed by atoms with E-state index >= 15 is 0 Å². The highest BCUT2D eigenvalue weighted by Gasteiger charge is 2.44. The number of methoxy groups -OCH3 is 3. The second-order valence-electron chi connectivity index (χ2n) is 13.7. The van der Waals surface area contributed by atoms with Crippen molar-refractivity contribution in [2.75, 3.05) is 62.1 Å². The number of nitrogens with one attached hydrogen (secondary N) is 2. The number of ketones is 1. The van der Waals surface area contributed by atoms with Gasteiger partial charge in [-0.15, -0.1) is 0 Å². The molecule has 4 amide bonds. The van der Waals surface area contributed by atoms with Gasteiger partial charge in [-0.1, -0.05) is 34.1 Å². The van der Waals surface area contributed by atoms with Gasteiger partial charge in [-0.05, 0) is 51.1 Å². The van der Waals surface area contributed by atoms with E-state index in [1.807, 2.05) is 34.9 Å². The van der Waals surface area contributed by atoms with Crippen molar-refractivity contribution in [1.29, 1.82) is 0 Å². The van der Waals surface area contributed by atoms with Crippen LogP contribution in [-0.4, -0.2) is 148 Å². The predicted octanol–water partition coefficient (Wildman–Crippen LogP) is 1.48. The Hall–Kier alpha value is -3.66. The maximum absolute atomic E-state index is 14.1. The van der Waals surface area contributed by atoms with E-state index in [2.05, 4.69) is 10.6 Å². The summed E-state index contributed by atoms with van der Waals surface area (Å²) >= 11 is 0. The number of aliphatic hydroxyl groups is 1. The largest absolute Gasteiger partial charge is 0.494 e. The molecule has 0 saturated carbocycles. The van der Waals surface area contributed by atoms with Gasteiger partial charge in [0.05, 0.1) is 69.0 Å². The highest BCUT2D eigenvalue weighted by molar-refractivity contribution is 5.99. The molecule has 0 aromatic heterocycles. The minimum absolute atomic E-state index is 0.0100. The Bertz CT molecular complexity index is 1340. The Kier molecular flexibility index (Phi) is 17.4. The minimum Gasteiger partial charge on any atom is -0.494 e. The van der Waals surface area contributed by atoms with Crippen molar-refractivity contribution >= 4 is 29.4 Å². The molecule has 1 aromatic carbocycles. The van der Waals surface area contributed by atoms with Crippen molar-refractivity contribution in [3.05, 3.63) is 29.6 Å². The lowest BCUT2D eigenvalue weighted by Gasteiger charge is -2.37. The lowest BCUT2D eigenvalue weighted by molar-refractivity contribution is -0.145. The first-order chi connectivity index (χ1) is 24.0. The molecule has 1 heterocycles. The van der Waals surface area contributed by atoms with E-state index in [4.69, 9.17) is 14.2 Å². The number of halogens is 1. The fraction of sp³-hybridized carbons (Fsp3) is 0.694.